The van der Waals surface area contributed by atoms with Crippen molar-refractivity contribution in [1.29, 1.82) is 0 Å². The molecule has 0 saturated heterocycles. The second kappa shape index (κ2) is 4.73. The summed E-state index contributed by atoms with van der Waals surface area (Å²) in [7, 11) is -1.81. The fourth-order valence-electron chi connectivity index (χ4n) is 1.50. The average Bonchev–Trinajstić information content (AvgIpc) is 2.28. The van der Waals surface area contributed by atoms with Gasteiger partial charge in [0.1, 0.15) is 5.75 Å². The molecule has 0 aliphatic rings. The molecule has 0 bridgehead atoms. The summed E-state index contributed by atoms with van der Waals surface area (Å²) in [4.78, 5) is 5.05. The van der Waals surface area contributed by atoms with Gasteiger partial charge in [-0.1, -0.05) is 6.07 Å². The third kappa shape index (κ3) is 2.14. The zero-order valence-electron chi connectivity index (χ0n) is 8.62. The van der Waals surface area contributed by atoms with Crippen LogP contribution in [0.4, 0.5) is 0 Å². The fourth-order valence-corrected chi connectivity index (χ4v) is 2.18. The van der Waals surface area contributed by atoms with Gasteiger partial charge in [0.25, 0.3) is 0 Å². The van der Waals surface area contributed by atoms with Gasteiger partial charge in [-0.3, -0.25) is 4.98 Å². The van der Waals surface area contributed by atoms with Crippen molar-refractivity contribution < 1.29 is 14.7 Å². The third-order valence-corrected chi connectivity index (χ3v) is 2.93. The molecule has 16 heavy (non-hydrogen) atoms. The lowest BCUT2D eigenvalue weighted by Gasteiger charge is -2.11. The summed E-state index contributed by atoms with van der Waals surface area (Å²) in [5.74, 6) is 0.425. The molecular formula is C10H10BNO3S. The Morgan fingerprint density at radius 2 is 2.12 bits per heavy atom. The van der Waals surface area contributed by atoms with Crippen molar-refractivity contribution in [2.75, 3.05) is 6.26 Å². The van der Waals surface area contributed by atoms with Crippen molar-refractivity contribution >= 4 is 30.0 Å². The second-order valence-electron chi connectivity index (χ2n) is 3.12. The summed E-state index contributed by atoms with van der Waals surface area (Å²) in [5.41, 5.74) is 0.799. The van der Waals surface area contributed by atoms with E-state index in [-0.39, 0.29) is 0 Å². The van der Waals surface area contributed by atoms with Crippen molar-refractivity contribution in [3.05, 3.63) is 30.5 Å². The third-order valence-electron chi connectivity index (χ3n) is 2.13. The summed E-state index contributed by atoms with van der Waals surface area (Å²) in [6, 6.07) is 7.34. The second-order valence-corrected chi connectivity index (χ2v) is 3.93. The molecule has 0 fully saturated rings. The van der Waals surface area contributed by atoms with Gasteiger partial charge in [-0.05, 0) is 24.5 Å². The summed E-state index contributed by atoms with van der Waals surface area (Å²) in [6.07, 6.45) is 3.58. The normalized spacial score (nSPS) is 10.4. The zero-order chi connectivity index (χ0) is 11.5. The van der Waals surface area contributed by atoms with Gasteiger partial charge in [0.05, 0.1) is 10.4 Å². The number of hydrogen-bond acceptors (Lipinski definition) is 5. The van der Waals surface area contributed by atoms with E-state index in [1.54, 1.807) is 12.3 Å². The molecule has 2 N–H and O–H groups in total. The van der Waals surface area contributed by atoms with E-state index in [4.69, 9.17) is 14.7 Å². The maximum atomic E-state index is 8.80. The number of benzene rings is 1. The Kier molecular flexibility index (Phi) is 3.33. The molecule has 0 amide bonds. The van der Waals surface area contributed by atoms with Crippen LogP contribution in [-0.2, 0) is 0 Å². The number of pyridine rings is 1. The van der Waals surface area contributed by atoms with Gasteiger partial charge in [0.2, 0.25) is 0 Å². The first kappa shape index (κ1) is 11.3. The van der Waals surface area contributed by atoms with E-state index in [0.29, 0.717) is 5.75 Å². The van der Waals surface area contributed by atoms with E-state index in [1.165, 1.54) is 11.8 Å². The molecule has 4 nitrogen and oxygen atoms in total. The molecule has 0 atom stereocenters. The molecule has 0 aliphatic carbocycles. The van der Waals surface area contributed by atoms with Crippen LogP contribution in [-0.4, -0.2) is 28.6 Å². The predicted molar refractivity (Wildman–Crippen MR) is 64.3 cm³/mol. The number of thioether (sulfide) groups is 1. The Hall–Kier alpha value is -1.24. The van der Waals surface area contributed by atoms with Gasteiger partial charge in [-0.2, -0.15) is 0 Å². The Labute approximate surface area is 97.5 Å². The van der Waals surface area contributed by atoms with Gasteiger partial charge in [0, 0.05) is 11.6 Å². The highest BCUT2D eigenvalue weighted by atomic mass is 32.2. The van der Waals surface area contributed by atoms with Crippen molar-refractivity contribution in [1.82, 2.24) is 4.98 Å². The van der Waals surface area contributed by atoms with E-state index >= 15 is 0 Å². The van der Waals surface area contributed by atoms with Crippen LogP contribution < -0.4 is 4.65 Å². The molecule has 0 spiro atoms. The Morgan fingerprint density at radius 1 is 1.31 bits per heavy atom. The minimum atomic E-state index is -1.81. The smallest absolute Gasteiger partial charge is 0.511 e. The molecule has 0 saturated carbocycles. The average molecular weight is 235 g/mol. The lowest BCUT2D eigenvalue weighted by Crippen LogP contribution is -2.20. The van der Waals surface area contributed by atoms with E-state index in [9.17, 15) is 0 Å². The molecule has 0 aliphatic heterocycles. The lowest BCUT2D eigenvalue weighted by molar-refractivity contribution is 0.285. The van der Waals surface area contributed by atoms with Gasteiger partial charge in [0.15, 0.2) is 0 Å². The number of aromatic nitrogens is 1. The molecule has 1 heterocycles. The van der Waals surface area contributed by atoms with Crippen LogP contribution in [0.25, 0.3) is 10.9 Å². The van der Waals surface area contributed by atoms with Gasteiger partial charge < -0.3 is 14.7 Å². The molecule has 2 rings (SSSR count). The highest BCUT2D eigenvalue weighted by Gasteiger charge is 2.16. The van der Waals surface area contributed by atoms with Crippen molar-refractivity contribution in [2.45, 2.75) is 4.90 Å². The zero-order valence-corrected chi connectivity index (χ0v) is 9.44. The summed E-state index contributed by atoms with van der Waals surface area (Å²) >= 11 is 1.46. The summed E-state index contributed by atoms with van der Waals surface area (Å²) < 4.78 is 4.89. The largest absolute Gasteiger partial charge is 0.707 e. The maximum absolute atomic E-state index is 8.80. The van der Waals surface area contributed by atoms with Gasteiger partial charge in [-0.25, -0.2) is 0 Å². The maximum Gasteiger partial charge on any atom is 0.707 e. The Morgan fingerprint density at radius 3 is 2.81 bits per heavy atom. The predicted octanol–water partition coefficient (Wildman–Crippen LogP) is 1.30. The van der Waals surface area contributed by atoms with Crippen LogP contribution in [0.5, 0.6) is 5.75 Å². The molecule has 1 aromatic carbocycles. The first-order chi connectivity index (χ1) is 7.72. The van der Waals surface area contributed by atoms with Crippen molar-refractivity contribution in [2.24, 2.45) is 0 Å². The van der Waals surface area contributed by atoms with Crippen LogP contribution in [0, 0.1) is 0 Å². The van der Waals surface area contributed by atoms with Crippen LogP contribution >= 0.6 is 11.8 Å². The van der Waals surface area contributed by atoms with E-state index in [2.05, 4.69) is 4.98 Å². The molecule has 1 aromatic heterocycles. The van der Waals surface area contributed by atoms with Crippen LogP contribution in [0.2, 0.25) is 0 Å². The van der Waals surface area contributed by atoms with Crippen molar-refractivity contribution in [3.63, 3.8) is 0 Å². The molecule has 82 valence electrons. The number of hydrogen-bond donors (Lipinski definition) is 2. The highest BCUT2D eigenvalue weighted by Crippen LogP contribution is 2.33. The number of nitrogens with zero attached hydrogens (tertiary/aromatic N) is 1. The fraction of sp³-hybridized carbons (Fsp3) is 0.100. The topological polar surface area (TPSA) is 62.6 Å². The summed E-state index contributed by atoms with van der Waals surface area (Å²) in [5, 5.41) is 18.6. The standard InChI is InChI=1S/C10H10BNO3S/c1-16-10-8(15-11(13)14)5-4-7-3-2-6-12-9(7)10/h2-6,13-14H,1H3. The van der Waals surface area contributed by atoms with Gasteiger partial charge in [-0.15, -0.1) is 11.8 Å². The van der Waals surface area contributed by atoms with Gasteiger partial charge >= 0.3 is 7.32 Å². The minimum Gasteiger partial charge on any atom is -0.511 e. The first-order valence-electron chi connectivity index (χ1n) is 4.67. The van der Waals surface area contributed by atoms with E-state index in [1.807, 2.05) is 24.5 Å². The first-order valence-corrected chi connectivity index (χ1v) is 5.89. The monoisotopic (exact) mass is 235 g/mol. The molecular weight excluding hydrogens is 225 g/mol. The molecule has 0 radical (unpaired) electrons. The van der Waals surface area contributed by atoms with Crippen LogP contribution in [0.1, 0.15) is 0 Å². The quantitative estimate of drug-likeness (QED) is 0.620. The van der Waals surface area contributed by atoms with E-state index < -0.39 is 7.32 Å². The summed E-state index contributed by atoms with van der Waals surface area (Å²) in [6.45, 7) is 0. The minimum absolute atomic E-state index is 0.425. The number of fused-ring (bicyclic) bond motifs is 1. The van der Waals surface area contributed by atoms with Crippen molar-refractivity contribution in [3.8, 4) is 5.75 Å². The molecule has 2 aromatic rings. The Balaban J connectivity index is 2.58. The molecule has 6 heteroatoms. The van der Waals surface area contributed by atoms with E-state index in [0.717, 1.165) is 15.8 Å². The Bertz CT molecular complexity index is 506. The molecule has 0 unspecified atom stereocenters. The van der Waals surface area contributed by atoms with Crippen LogP contribution in [0.15, 0.2) is 35.4 Å². The number of rotatable bonds is 3. The van der Waals surface area contributed by atoms with Crippen LogP contribution in [0.3, 0.4) is 0 Å². The SMILES string of the molecule is CSc1c(OB(O)O)ccc2cccnc12. The highest BCUT2D eigenvalue weighted by molar-refractivity contribution is 7.99. The lowest BCUT2D eigenvalue weighted by atomic mass is 10.2.